The first-order valence-electron chi connectivity index (χ1n) is 9.53. The zero-order chi connectivity index (χ0) is 18.5. The summed E-state index contributed by atoms with van der Waals surface area (Å²) in [4.78, 5) is 0. The van der Waals surface area contributed by atoms with E-state index in [0.29, 0.717) is 0 Å². The molecule has 1 aliphatic heterocycles. The summed E-state index contributed by atoms with van der Waals surface area (Å²) in [6.45, 7) is 10.7. The number of allylic oxidation sites excluding steroid dienone is 1. The molecule has 0 aromatic heterocycles. The number of hydrogen-bond donors (Lipinski definition) is 0. The van der Waals surface area contributed by atoms with E-state index in [0.717, 1.165) is 12.8 Å². The molecule has 0 saturated carbocycles. The lowest BCUT2D eigenvalue weighted by Crippen LogP contribution is -2.41. The van der Waals surface area contributed by atoms with Crippen molar-refractivity contribution in [2.45, 2.75) is 58.7 Å². The highest BCUT2D eigenvalue weighted by Crippen LogP contribution is 2.44. The third-order valence-electron chi connectivity index (χ3n) is 6.22. The SMILES string of the molecule is Cc1ccccc1C1=C(B2OC(C)(C)C(C)(C)O2)CCc2ccccc21. The third-order valence-corrected chi connectivity index (χ3v) is 6.22. The quantitative estimate of drug-likeness (QED) is 0.680. The van der Waals surface area contributed by atoms with Gasteiger partial charge in [0.2, 0.25) is 0 Å². The standard InChI is InChI=1S/C23H27BO2/c1-16-10-6-8-12-18(16)21-19-13-9-7-11-17(19)14-15-20(21)24-25-22(2,3)23(4,5)26-24/h6-13H,14-15H2,1-5H3. The molecule has 0 N–H and O–H groups in total. The molecule has 1 aliphatic carbocycles. The largest absolute Gasteiger partial charge is 0.491 e. The second kappa shape index (κ2) is 6.11. The molecule has 0 atom stereocenters. The zero-order valence-electron chi connectivity index (χ0n) is 16.4. The Morgan fingerprint density at radius 1 is 0.769 bits per heavy atom. The summed E-state index contributed by atoms with van der Waals surface area (Å²) in [5, 5.41) is 0. The highest BCUT2D eigenvalue weighted by molar-refractivity contribution is 6.56. The van der Waals surface area contributed by atoms with Crippen LogP contribution >= 0.6 is 0 Å². The van der Waals surface area contributed by atoms with E-state index in [9.17, 15) is 0 Å². The van der Waals surface area contributed by atoms with E-state index < -0.39 is 0 Å². The lowest BCUT2D eigenvalue weighted by molar-refractivity contribution is 0.00578. The van der Waals surface area contributed by atoms with Gasteiger partial charge in [0, 0.05) is 0 Å². The van der Waals surface area contributed by atoms with E-state index in [1.807, 2.05) is 0 Å². The normalized spacial score (nSPS) is 21.0. The van der Waals surface area contributed by atoms with Crippen molar-refractivity contribution in [2.75, 3.05) is 0 Å². The van der Waals surface area contributed by atoms with Crippen molar-refractivity contribution in [2.24, 2.45) is 0 Å². The van der Waals surface area contributed by atoms with Crippen LogP contribution in [0.3, 0.4) is 0 Å². The van der Waals surface area contributed by atoms with Crippen molar-refractivity contribution in [1.29, 1.82) is 0 Å². The fourth-order valence-electron chi connectivity index (χ4n) is 3.94. The average Bonchev–Trinajstić information content (AvgIpc) is 2.82. The van der Waals surface area contributed by atoms with E-state index in [-0.39, 0.29) is 18.3 Å². The second-order valence-corrected chi connectivity index (χ2v) is 8.46. The summed E-state index contributed by atoms with van der Waals surface area (Å²) in [6.07, 6.45) is 2.00. The van der Waals surface area contributed by atoms with Crippen LogP contribution in [0.4, 0.5) is 0 Å². The van der Waals surface area contributed by atoms with Gasteiger partial charge >= 0.3 is 7.12 Å². The molecule has 2 aromatic carbocycles. The van der Waals surface area contributed by atoms with Gasteiger partial charge in [-0.2, -0.15) is 0 Å². The van der Waals surface area contributed by atoms with Gasteiger partial charge in [0.05, 0.1) is 11.2 Å². The Labute approximate surface area is 157 Å². The van der Waals surface area contributed by atoms with Gasteiger partial charge in [0.1, 0.15) is 0 Å². The van der Waals surface area contributed by atoms with E-state index in [2.05, 4.69) is 83.1 Å². The van der Waals surface area contributed by atoms with E-state index in [1.54, 1.807) is 0 Å². The minimum Gasteiger partial charge on any atom is -0.400 e. The first kappa shape index (κ1) is 17.6. The van der Waals surface area contributed by atoms with Crippen molar-refractivity contribution in [3.8, 4) is 0 Å². The minimum atomic E-state index is -0.321. The van der Waals surface area contributed by atoms with Crippen LogP contribution < -0.4 is 0 Å². The van der Waals surface area contributed by atoms with Crippen LogP contribution in [0.5, 0.6) is 0 Å². The van der Waals surface area contributed by atoms with Gasteiger partial charge in [-0.15, -0.1) is 0 Å². The summed E-state index contributed by atoms with van der Waals surface area (Å²) >= 11 is 0. The Kier molecular flexibility index (Phi) is 4.13. The molecule has 3 heteroatoms. The van der Waals surface area contributed by atoms with Crippen molar-refractivity contribution in [1.82, 2.24) is 0 Å². The third kappa shape index (κ3) is 2.74. The highest BCUT2D eigenvalue weighted by atomic mass is 16.7. The number of hydrogen-bond acceptors (Lipinski definition) is 2. The Bertz CT molecular complexity index is 863. The van der Waals surface area contributed by atoms with Gasteiger partial charge in [0.15, 0.2) is 0 Å². The number of fused-ring (bicyclic) bond motifs is 1. The number of rotatable bonds is 2. The summed E-state index contributed by atoms with van der Waals surface area (Å²) < 4.78 is 12.9. The van der Waals surface area contributed by atoms with Gasteiger partial charge in [-0.05, 0) is 80.8 Å². The van der Waals surface area contributed by atoms with Gasteiger partial charge in [0.25, 0.3) is 0 Å². The molecule has 2 aliphatic rings. The molecule has 134 valence electrons. The smallest absolute Gasteiger partial charge is 0.400 e. The fraction of sp³-hybridized carbons (Fsp3) is 0.391. The maximum Gasteiger partial charge on any atom is 0.491 e. The highest BCUT2D eigenvalue weighted by Gasteiger charge is 2.53. The van der Waals surface area contributed by atoms with Gasteiger partial charge in [-0.1, -0.05) is 48.5 Å². The Morgan fingerprint density at radius 3 is 2.00 bits per heavy atom. The molecule has 0 unspecified atom stereocenters. The van der Waals surface area contributed by atoms with Crippen LogP contribution in [0.25, 0.3) is 5.57 Å². The number of benzene rings is 2. The average molecular weight is 346 g/mol. The Morgan fingerprint density at radius 2 is 1.35 bits per heavy atom. The molecule has 1 heterocycles. The molecule has 0 amide bonds. The summed E-state index contributed by atoms with van der Waals surface area (Å²) in [5.74, 6) is 0. The van der Waals surface area contributed by atoms with E-state index >= 15 is 0 Å². The van der Waals surface area contributed by atoms with E-state index in [4.69, 9.17) is 9.31 Å². The molecule has 2 nitrogen and oxygen atoms in total. The zero-order valence-corrected chi connectivity index (χ0v) is 16.4. The maximum absolute atomic E-state index is 6.43. The van der Waals surface area contributed by atoms with Crippen molar-refractivity contribution >= 4 is 12.7 Å². The predicted octanol–water partition coefficient (Wildman–Crippen LogP) is 5.37. The van der Waals surface area contributed by atoms with Gasteiger partial charge in [-0.25, -0.2) is 0 Å². The molecular formula is C23H27BO2. The van der Waals surface area contributed by atoms with Crippen LogP contribution in [0.15, 0.2) is 54.0 Å². The lowest BCUT2D eigenvalue weighted by Gasteiger charge is -2.32. The van der Waals surface area contributed by atoms with Crippen molar-refractivity contribution in [3.63, 3.8) is 0 Å². The molecule has 0 spiro atoms. The summed E-state index contributed by atoms with van der Waals surface area (Å²) in [7, 11) is -0.289. The lowest BCUT2D eigenvalue weighted by atomic mass is 9.66. The topological polar surface area (TPSA) is 18.5 Å². The Balaban J connectivity index is 1.91. The fourth-order valence-corrected chi connectivity index (χ4v) is 3.94. The van der Waals surface area contributed by atoms with Gasteiger partial charge in [-0.3, -0.25) is 0 Å². The molecule has 26 heavy (non-hydrogen) atoms. The predicted molar refractivity (Wildman–Crippen MR) is 108 cm³/mol. The van der Waals surface area contributed by atoms with Crippen molar-refractivity contribution < 1.29 is 9.31 Å². The summed E-state index contributed by atoms with van der Waals surface area (Å²) in [5.41, 5.74) is 7.22. The van der Waals surface area contributed by atoms with Crippen LogP contribution in [-0.4, -0.2) is 18.3 Å². The van der Waals surface area contributed by atoms with Gasteiger partial charge < -0.3 is 9.31 Å². The Hall–Kier alpha value is -1.84. The molecule has 1 fully saturated rings. The minimum absolute atomic E-state index is 0.289. The van der Waals surface area contributed by atoms with Crippen LogP contribution in [0, 0.1) is 6.92 Å². The molecular weight excluding hydrogens is 319 g/mol. The maximum atomic E-state index is 6.43. The molecule has 4 rings (SSSR count). The van der Waals surface area contributed by atoms with E-state index in [1.165, 1.54) is 33.3 Å². The number of aryl methyl sites for hydroxylation is 2. The first-order valence-corrected chi connectivity index (χ1v) is 9.53. The molecule has 2 aromatic rings. The van der Waals surface area contributed by atoms with Crippen LogP contribution in [-0.2, 0) is 15.7 Å². The second-order valence-electron chi connectivity index (χ2n) is 8.46. The summed E-state index contributed by atoms with van der Waals surface area (Å²) in [6, 6.07) is 17.4. The monoisotopic (exact) mass is 346 g/mol. The molecule has 1 saturated heterocycles. The molecule has 0 bridgehead atoms. The molecule has 0 radical (unpaired) electrons. The van der Waals surface area contributed by atoms with Crippen LogP contribution in [0.1, 0.15) is 56.4 Å². The van der Waals surface area contributed by atoms with Crippen molar-refractivity contribution in [3.05, 3.63) is 76.3 Å². The first-order chi connectivity index (χ1) is 12.3. The van der Waals surface area contributed by atoms with Crippen LogP contribution in [0.2, 0.25) is 0 Å².